The van der Waals surface area contributed by atoms with Gasteiger partial charge in [0.2, 0.25) is 0 Å². The van der Waals surface area contributed by atoms with Gasteiger partial charge in [-0.1, -0.05) is 49.6 Å². The average Bonchev–Trinajstić information content (AvgIpc) is 2.42. The largest absolute Gasteiger partial charge is 0.329 e. The molecule has 1 aliphatic rings. The standard InChI is InChI=1S/C17H27ClN2/c1-13-6-5-8-14(10-13)17(11-19)20(2)12-15-7-3-4-9-16(15)18/h3-4,7,9,13-14,17H,5-6,8,10-12,19H2,1-2H3. The predicted molar refractivity (Wildman–Crippen MR) is 86.9 cm³/mol. The van der Waals surface area contributed by atoms with Gasteiger partial charge in [0.25, 0.3) is 0 Å². The van der Waals surface area contributed by atoms with Crippen LogP contribution in [0.15, 0.2) is 24.3 Å². The van der Waals surface area contributed by atoms with E-state index in [1.54, 1.807) is 0 Å². The lowest BCUT2D eigenvalue weighted by atomic mass is 9.78. The van der Waals surface area contributed by atoms with Crippen LogP contribution >= 0.6 is 11.6 Å². The van der Waals surface area contributed by atoms with Crippen molar-refractivity contribution in [1.29, 1.82) is 0 Å². The fourth-order valence-corrected chi connectivity index (χ4v) is 3.77. The Morgan fingerprint density at radius 3 is 2.75 bits per heavy atom. The third-order valence-corrected chi connectivity index (χ3v) is 5.08. The molecule has 20 heavy (non-hydrogen) atoms. The monoisotopic (exact) mass is 294 g/mol. The van der Waals surface area contributed by atoms with Gasteiger partial charge in [0.15, 0.2) is 0 Å². The van der Waals surface area contributed by atoms with Crippen molar-refractivity contribution in [2.45, 2.75) is 45.2 Å². The normalized spacial score (nSPS) is 24.9. The second-order valence-electron chi connectivity index (χ2n) is 6.34. The third-order valence-electron chi connectivity index (χ3n) is 4.71. The molecule has 2 rings (SSSR count). The molecule has 0 bridgehead atoms. The second kappa shape index (κ2) is 7.44. The minimum Gasteiger partial charge on any atom is -0.329 e. The smallest absolute Gasteiger partial charge is 0.0451 e. The summed E-state index contributed by atoms with van der Waals surface area (Å²) in [5.74, 6) is 1.58. The molecule has 3 atom stereocenters. The molecular weight excluding hydrogens is 268 g/mol. The van der Waals surface area contributed by atoms with Gasteiger partial charge in [-0.2, -0.15) is 0 Å². The number of rotatable bonds is 5. The molecule has 3 heteroatoms. The van der Waals surface area contributed by atoms with Crippen LogP contribution < -0.4 is 5.73 Å². The van der Waals surface area contributed by atoms with E-state index in [2.05, 4.69) is 31.0 Å². The second-order valence-corrected chi connectivity index (χ2v) is 6.75. The topological polar surface area (TPSA) is 29.3 Å². The van der Waals surface area contributed by atoms with Gasteiger partial charge in [-0.15, -0.1) is 0 Å². The molecule has 0 aliphatic heterocycles. The molecule has 1 saturated carbocycles. The SMILES string of the molecule is CC1CCCC(C(CN)N(C)Cc2ccccc2Cl)C1. The molecule has 0 saturated heterocycles. The molecule has 1 aromatic carbocycles. The summed E-state index contributed by atoms with van der Waals surface area (Å²) in [4.78, 5) is 2.39. The molecule has 0 heterocycles. The van der Waals surface area contributed by atoms with Crippen molar-refractivity contribution < 1.29 is 0 Å². The van der Waals surface area contributed by atoms with Crippen molar-refractivity contribution in [3.8, 4) is 0 Å². The van der Waals surface area contributed by atoms with E-state index in [9.17, 15) is 0 Å². The van der Waals surface area contributed by atoms with E-state index in [0.29, 0.717) is 6.04 Å². The molecule has 2 N–H and O–H groups in total. The van der Waals surface area contributed by atoms with Gasteiger partial charge >= 0.3 is 0 Å². The number of halogens is 1. The van der Waals surface area contributed by atoms with Crippen molar-refractivity contribution in [3.63, 3.8) is 0 Å². The Morgan fingerprint density at radius 2 is 2.10 bits per heavy atom. The first kappa shape index (κ1) is 15.8. The molecule has 0 radical (unpaired) electrons. The lowest BCUT2D eigenvalue weighted by Gasteiger charge is -2.38. The van der Waals surface area contributed by atoms with Gasteiger partial charge in [-0.3, -0.25) is 4.90 Å². The number of benzene rings is 1. The van der Waals surface area contributed by atoms with Crippen LogP contribution in [0.25, 0.3) is 0 Å². The number of hydrogen-bond donors (Lipinski definition) is 1. The number of nitrogens with two attached hydrogens (primary N) is 1. The Labute approximate surface area is 128 Å². The Balaban J connectivity index is 2.01. The molecule has 3 unspecified atom stereocenters. The van der Waals surface area contributed by atoms with Crippen LogP contribution in [-0.4, -0.2) is 24.5 Å². The van der Waals surface area contributed by atoms with Crippen LogP contribution in [0.2, 0.25) is 5.02 Å². The van der Waals surface area contributed by atoms with Crippen LogP contribution in [0.4, 0.5) is 0 Å². The zero-order chi connectivity index (χ0) is 14.5. The Morgan fingerprint density at radius 1 is 1.35 bits per heavy atom. The van der Waals surface area contributed by atoms with Crippen LogP contribution in [-0.2, 0) is 6.54 Å². The summed E-state index contributed by atoms with van der Waals surface area (Å²) in [6.45, 7) is 3.98. The molecule has 2 nitrogen and oxygen atoms in total. The maximum atomic E-state index is 6.27. The Hall–Kier alpha value is -0.570. The zero-order valence-electron chi connectivity index (χ0n) is 12.7. The molecule has 112 valence electrons. The minimum absolute atomic E-state index is 0.467. The van der Waals surface area contributed by atoms with Gasteiger partial charge in [-0.25, -0.2) is 0 Å². The lowest BCUT2D eigenvalue weighted by Crippen LogP contribution is -2.44. The summed E-state index contributed by atoms with van der Waals surface area (Å²) < 4.78 is 0. The highest BCUT2D eigenvalue weighted by Crippen LogP contribution is 2.32. The van der Waals surface area contributed by atoms with Crippen molar-refractivity contribution in [2.24, 2.45) is 17.6 Å². The van der Waals surface area contributed by atoms with Crippen molar-refractivity contribution >= 4 is 11.6 Å². The molecular formula is C17H27ClN2. The minimum atomic E-state index is 0.467. The molecule has 0 aromatic heterocycles. The summed E-state index contributed by atoms with van der Waals surface area (Å²) >= 11 is 6.27. The zero-order valence-corrected chi connectivity index (χ0v) is 13.4. The summed E-state index contributed by atoms with van der Waals surface area (Å²) in [6.07, 6.45) is 5.36. The lowest BCUT2D eigenvalue weighted by molar-refractivity contribution is 0.125. The van der Waals surface area contributed by atoms with E-state index in [1.807, 2.05) is 12.1 Å². The van der Waals surface area contributed by atoms with Crippen LogP contribution in [0.3, 0.4) is 0 Å². The van der Waals surface area contributed by atoms with E-state index >= 15 is 0 Å². The first-order valence-corrected chi connectivity index (χ1v) is 8.13. The Bertz CT molecular complexity index is 421. The predicted octanol–water partition coefficient (Wildman–Crippen LogP) is 3.93. The van der Waals surface area contributed by atoms with Gasteiger partial charge in [0, 0.05) is 24.2 Å². The van der Waals surface area contributed by atoms with Gasteiger partial charge in [0.1, 0.15) is 0 Å². The average molecular weight is 295 g/mol. The van der Waals surface area contributed by atoms with E-state index in [-0.39, 0.29) is 0 Å². The van der Waals surface area contributed by atoms with Crippen LogP contribution in [0.1, 0.15) is 38.2 Å². The maximum absolute atomic E-state index is 6.27. The van der Waals surface area contributed by atoms with Crippen molar-refractivity contribution in [2.75, 3.05) is 13.6 Å². The molecule has 0 amide bonds. The van der Waals surface area contributed by atoms with E-state index < -0.39 is 0 Å². The van der Waals surface area contributed by atoms with Gasteiger partial charge in [0.05, 0.1) is 0 Å². The highest BCUT2D eigenvalue weighted by Gasteiger charge is 2.28. The maximum Gasteiger partial charge on any atom is 0.0451 e. The van der Waals surface area contributed by atoms with E-state index in [4.69, 9.17) is 17.3 Å². The highest BCUT2D eigenvalue weighted by atomic mass is 35.5. The number of hydrogen-bond acceptors (Lipinski definition) is 2. The summed E-state index contributed by atoms with van der Waals surface area (Å²) in [5.41, 5.74) is 7.26. The first-order valence-electron chi connectivity index (χ1n) is 7.75. The van der Waals surface area contributed by atoms with E-state index in [0.717, 1.165) is 29.9 Å². The molecule has 1 aromatic rings. The first-order chi connectivity index (χ1) is 9.61. The summed E-state index contributed by atoms with van der Waals surface area (Å²) in [6, 6.07) is 8.57. The van der Waals surface area contributed by atoms with Gasteiger partial charge in [-0.05, 0) is 43.4 Å². The fourth-order valence-electron chi connectivity index (χ4n) is 3.58. The number of nitrogens with zero attached hydrogens (tertiary/aromatic N) is 1. The van der Waals surface area contributed by atoms with E-state index in [1.165, 1.54) is 31.2 Å². The fraction of sp³-hybridized carbons (Fsp3) is 0.647. The third kappa shape index (κ3) is 3.97. The Kier molecular flexibility index (Phi) is 5.88. The molecule has 0 spiro atoms. The highest BCUT2D eigenvalue weighted by molar-refractivity contribution is 6.31. The summed E-state index contributed by atoms with van der Waals surface area (Å²) in [7, 11) is 2.18. The number of likely N-dealkylation sites (N-methyl/N-ethyl adjacent to an activating group) is 1. The van der Waals surface area contributed by atoms with Crippen LogP contribution in [0.5, 0.6) is 0 Å². The molecule has 1 aliphatic carbocycles. The van der Waals surface area contributed by atoms with Crippen LogP contribution in [0, 0.1) is 11.8 Å². The van der Waals surface area contributed by atoms with Gasteiger partial charge < -0.3 is 5.73 Å². The van der Waals surface area contributed by atoms with Crippen molar-refractivity contribution in [3.05, 3.63) is 34.9 Å². The van der Waals surface area contributed by atoms with Crippen molar-refractivity contribution in [1.82, 2.24) is 4.90 Å². The summed E-state index contributed by atoms with van der Waals surface area (Å²) in [5, 5.41) is 0.854. The molecule has 1 fully saturated rings. The quantitative estimate of drug-likeness (QED) is 0.892.